The van der Waals surface area contributed by atoms with Crippen LogP contribution in [0.5, 0.6) is 0 Å². The lowest BCUT2D eigenvalue weighted by molar-refractivity contribution is -0.126. The maximum atomic E-state index is 11.6. The maximum Gasteiger partial charge on any atom is 0.223 e. The second-order valence-corrected chi connectivity index (χ2v) is 4.04. The summed E-state index contributed by atoms with van der Waals surface area (Å²) in [5, 5.41) is 19.8. The van der Waals surface area contributed by atoms with Gasteiger partial charge >= 0.3 is 0 Å². The first-order valence-corrected chi connectivity index (χ1v) is 5.75. The minimum Gasteiger partial charge on any atom is -0.395 e. The summed E-state index contributed by atoms with van der Waals surface area (Å²) in [4.78, 5) is 13.8. The van der Waals surface area contributed by atoms with Crippen LogP contribution in [0.15, 0.2) is 0 Å². The molecular weight excluding hydrogens is 206 g/mol. The molecule has 0 aliphatic carbocycles. The molecule has 2 N–H and O–H groups in total. The number of amides is 1. The number of aliphatic hydroxyl groups is 1. The summed E-state index contributed by atoms with van der Waals surface area (Å²) in [5.74, 6) is 0.124. The first kappa shape index (κ1) is 12.9. The Morgan fingerprint density at radius 2 is 2.19 bits per heavy atom. The van der Waals surface area contributed by atoms with Crippen molar-refractivity contribution >= 4 is 5.91 Å². The lowest BCUT2D eigenvalue weighted by Gasteiger charge is -2.30. The minimum absolute atomic E-state index is 0.00719. The second-order valence-electron chi connectivity index (χ2n) is 4.04. The van der Waals surface area contributed by atoms with E-state index in [-0.39, 0.29) is 18.4 Å². The number of aliphatic hydroxyl groups excluding tert-OH is 1. The van der Waals surface area contributed by atoms with Gasteiger partial charge in [-0.15, -0.1) is 0 Å². The number of rotatable bonds is 5. The number of nitriles is 1. The molecule has 1 aliphatic rings. The lowest BCUT2D eigenvalue weighted by atomic mass is 9.96. The molecule has 1 heterocycles. The molecule has 0 saturated carbocycles. The average molecular weight is 225 g/mol. The van der Waals surface area contributed by atoms with Gasteiger partial charge in [0, 0.05) is 25.4 Å². The highest BCUT2D eigenvalue weighted by atomic mass is 16.3. The predicted octanol–water partition coefficient (Wildman–Crippen LogP) is -0.279. The Balaban J connectivity index is 2.21. The summed E-state index contributed by atoms with van der Waals surface area (Å²) >= 11 is 0. The van der Waals surface area contributed by atoms with Crippen LogP contribution < -0.4 is 5.32 Å². The molecule has 0 bridgehead atoms. The van der Waals surface area contributed by atoms with Crippen LogP contribution in [0.4, 0.5) is 0 Å². The van der Waals surface area contributed by atoms with Crippen LogP contribution in [-0.4, -0.2) is 48.7 Å². The molecule has 1 saturated heterocycles. The maximum absolute atomic E-state index is 11.6. The van der Waals surface area contributed by atoms with Crippen molar-refractivity contribution in [1.29, 1.82) is 5.26 Å². The van der Waals surface area contributed by atoms with E-state index in [4.69, 9.17) is 10.4 Å². The van der Waals surface area contributed by atoms with Gasteiger partial charge in [-0.1, -0.05) is 0 Å². The van der Waals surface area contributed by atoms with Crippen LogP contribution in [0.1, 0.15) is 19.3 Å². The topological polar surface area (TPSA) is 76.4 Å². The largest absolute Gasteiger partial charge is 0.395 e. The number of nitrogens with one attached hydrogen (secondary N) is 1. The van der Waals surface area contributed by atoms with Crippen molar-refractivity contribution in [2.75, 3.05) is 32.8 Å². The van der Waals surface area contributed by atoms with Gasteiger partial charge in [0.2, 0.25) is 5.91 Å². The standard InChI is InChI=1S/C11H19N3O2/c12-4-1-6-14-7-2-10(3-8-14)11(16)13-5-9-15/h10,15H,1-3,5-9H2,(H,13,16). The van der Waals surface area contributed by atoms with E-state index in [2.05, 4.69) is 16.3 Å². The van der Waals surface area contributed by atoms with Crippen LogP contribution in [0.25, 0.3) is 0 Å². The fourth-order valence-corrected chi connectivity index (χ4v) is 1.95. The molecule has 0 radical (unpaired) electrons. The molecule has 0 spiro atoms. The highest BCUT2D eigenvalue weighted by Gasteiger charge is 2.24. The number of likely N-dealkylation sites (tertiary alicyclic amines) is 1. The van der Waals surface area contributed by atoms with Gasteiger partial charge in [-0.05, 0) is 25.9 Å². The van der Waals surface area contributed by atoms with Gasteiger partial charge in [-0.25, -0.2) is 0 Å². The molecule has 0 atom stereocenters. The van der Waals surface area contributed by atoms with Gasteiger partial charge in [0.05, 0.1) is 12.7 Å². The molecule has 1 amide bonds. The van der Waals surface area contributed by atoms with Crippen molar-refractivity contribution in [1.82, 2.24) is 10.2 Å². The van der Waals surface area contributed by atoms with E-state index in [0.29, 0.717) is 13.0 Å². The van der Waals surface area contributed by atoms with Crippen LogP contribution in [0.3, 0.4) is 0 Å². The fourth-order valence-electron chi connectivity index (χ4n) is 1.95. The first-order chi connectivity index (χ1) is 7.77. The van der Waals surface area contributed by atoms with Crippen LogP contribution in [-0.2, 0) is 4.79 Å². The van der Waals surface area contributed by atoms with Gasteiger partial charge in [0.25, 0.3) is 0 Å². The summed E-state index contributed by atoms with van der Waals surface area (Å²) in [6.45, 7) is 2.92. The Kier molecular flexibility index (Phi) is 5.83. The van der Waals surface area contributed by atoms with Gasteiger partial charge in [0.15, 0.2) is 0 Å². The molecule has 16 heavy (non-hydrogen) atoms. The fraction of sp³-hybridized carbons (Fsp3) is 0.818. The molecule has 5 nitrogen and oxygen atoms in total. The van der Waals surface area contributed by atoms with Gasteiger partial charge in [-0.2, -0.15) is 5.26 Å². The zero-order valence-corrected chi connectivity index (χ0v) is 9.48. The molecule has 1 rings (SSSR count). The predicted molar refractivity (Wildman–Crippen MR) is 59.5 cm³/mol. The van der Waals surface area contributed by atoms with Crippen molar-refractivity contribution in [3.8, 4) is 6.07 Å². The molecule has 90 valence electrons. The van der Waals surface area contributed by atoms with Crippen LogP contribution in [0, 0.1) is 17.2 Å². The summed E-state index contributed by atoms with van der Waals surface area (Å²) in [7, 11) is 0. The molecule has 1 fully saturated rings. The van der Waals surface area contributed by atoms with E-state index in [1.807, 2.05) is 0 Å². The highest BCUT2D eigenvalue weighted by Crippen LogP contribution is 2.17. The number of hydrogen-bond acceptors (Lipinski definition) is 4. The molecule has 0 aromatic carbocycles. The van der Waals surface area contributed by atoms with Gasteiger partial charge in [-0.3, -0.25) is 4.79 Å². The number of carbonyl (C=O) groups is 1. The quantitative estimate of drug-likeness (QED) is 0.674. The SMILES string of the molecule is N#CCCN1CCC(C(=O)NCCO)CC1. The monoisotopic (exact) mass is 225 g/mol. The summed E-state index contributed by atoms with van der Waals surface area (Å²) in [5.41, 5.74) is 0. The smallest absolute Gasteiger partial charge is 0.223 e. The second kappa shape index (κ2) is 7.20. The highest BCUT2D eigenvalue weighted by molar-refractivity contribution is 5.78. The molecular formula is C11H19N3O2. The van der Waals surface area contributed by atoms with Gasteiger partial charge < -0.3 is 15.3 Å². The number of carbonyl (C=O) groups excluding carboxylic acids is 1. The number of nitrogens with zero attached hydrogens (tertiary/aromatic N) is 2. The van der Waals surface area contributed by atoms with Crippen molar-refractivity contribution in [2.45, 2.75) is 19.3 Å². The summed E-state index contributed by atoms with van der Waals surface area (Å²) in [6, 6.07) is 2.13. The van der Waals surface area contributed by atoms with E-state index < -0.39 is 0 Å². The molecule has 0 aromatic rings. The minimum atomic E-state index is -0.00719. The lowest BCUT2D eigenvalue weighted by Crippen LogP contribution is -2.41. The van der Waals surface area contributed by atoms with Crippen molar-refractivity contribution in [3.05, 3.63) is 0 Å². The zero-order chi connectivity index (χ0) is 11.8. The average Bonchev–Trinajstić information content (AvgIpc) is 2.34. The van der Waals surface area contributed by atoms with Crippen molar-refractivity contribution in [3.63, 3.8) is 0 Å². The number of hydrogen-bond donors (Lipinski definition) is 2. The van der Waals surface area contributed by atoms with E-state index in [0.717, 1.165) is 32.5 Å². The zero-order valence-electron chi connectivity index (χ0n) is 9.48. The molecule has 5 heteroatoms. The van der Waals surface area contributed by atoms with E-state index in [9.17, 15) is 4.79 Å². The van der Waals surface area contributed by atoms with E-state index in [1.54, 1.807) is 0 Å². The molecule has 1 aliphatic heterocycles. The van der Waals surface area contributed by atoms with E-state index >= 15 is 0 Å². The Morgan fingerprint density at radius 3 is 2.75 bits per heavy atom. The van der Waals surface area contributed by atoms with Crippen LogP contribution >= 0.6 is 0 Å². The normalized spacial score (nSPS) is 18.0. The Labute approximate surface area is 96.0 Å². The third-order valence-corrected chi connectivity index (χ3v) is 2.91. The Hall–Kier alpha value is -1.12. The van der Waals surface area contributed by atoms with Crippen molar-refractivity contribution in [2.24, 2.45) is 5.92 Å². The molecule has 0 aromatic heterocycles. The number of piperidine rings is 1. The van der Waals surface area contributed by atoms with Crippen LogP contribution in [0.2, 0.25) is 0 Å². The van der Waals surface area contributed by atoms with E-state index in [1.165, 1.54) is 0 Å². The Morgan fingerprint density at radius 1 is 1.50 bits per heavy atom. The third-order valence-electron chi connectivity index (χ3n) is 2.91. The summed E-state index contributed by atoms with van der Waals surface area (Å²) < 4.78 is 0. The third kappa shape index (κ3) is 4.17. The van der Waals surface area contributed by atoms with Crippen molar-refractivity contribution < 1.29 is 9.90 Å². The first-order valence-electron chi connectivity index (χ1n) is 5.75. The molecule has 0 unspecified atom stereocenters. The van der Waals surface area contributed by atoms with Gasteiger partial charge in [0.1, 0.15) is 0 Å². The Bertz CT molecular complexity index is 254. The summed E-state index contributed by atoms with van der Waals surface area (Å²) in [6.07, 6.45) is 2.26.